The molecule has 3 heteroatoms. The first kappa shape index (κ1) is 8.43. The molecule has 0 spiro atoms. The van der Waals surface area contributed by atoms with Crippen molar-refractivity contribution in [2.75, 3.05) is 0 Å². The van der Waals surface area contributed by atoms with E-state index in [0.29, 0.717) is 5.20 Å². The smallest absolute Gasteiger partial charge is 0.239 e. The minimum Gasteiger partial charge on any atom is -0.366 e. The molecule has 2 N–H and O–H groups in total. The fraction of sp³-hybridized carbons (Fsp3) is 0.500. The van der Waals surface area contributed by atoms with Gasteiger partial charge in [-0.1, -0.05) is 26.2 Å². The predicted molar refractivity (Wildman–Crippen MR) is 41.7 cm³/mol. The third-order valence-corrected chi connectivity index (χ3v) is 3.26. The summed E-state index contributed by atoms with van der Waals surface area (Å²) in [5.74, 6) is -0.353. The van der Waals surface area contributed by atoms with Crippen LogP contribution >= 0.6 is 0 Å². The van der Waals surface area contributed by atoms with Gasteiger partial charge in [-0.2, -0.15) is 0 Å². The van der Waals surface area contributed by atoms with E-state index in [2.05, 4.69) is 6.58 Å². The van der Waals surface area contributed by atoms with Crippen LogP contribution in [0.5, 0.6) is 0 Å². The summed E-state index contributed by atoms with van der Waals surface area (Å²) in [5, 5.41) is 0.613. The molecule has 0 unspecified atom stereocenters. The molecule has 0 rings (SSSR count). The lowest BCUT2D eigenvalue weighted by molar-refractivity contribution is -0.114. The maximum absolute atomic E-state index is 10.5. The highest BCUT2D eigenvalue weighted by atomic mass is 28.3. The summed E-state index contributed by atoms with van der Waals surface area (Å²) in [6, 6.07) is 0. The Labute approximate surface area is 56.8 Å². The van der Waals surface area contributed by atoms with Gasteiger partial charge in [0.25, 0.3) is 0 Å². The van der Waals surface area contributed by atoms with Crippen LogP contribution in [0, 0.1) is 0 Å². The molecule has 0 saturated carbocycles. The Hall–Kier alpha value is -0.573. The van der Waals surface area contributed by atoms with Gasteiger partial charge in [0.1, 0.15) is 0 Å². The SMILES string of the molecule is C=C(C(N)=O)[Si](C)(C)C. The van der Waals surface area contributed by atoms with Crippen molar-refractivity contribution in [1.82, 2.24) is 0 Å². The average Bonchev–Trinajstić information content (AvgIpc) is 1.62. The molecule has 9 heavy (non-hydrogen) atoms. The molecule has 0 bridgehead atoms. The lowest BCUT2D eigenvalue weighted by Crippen LogP contribution is -2.32. The summed E-state index contributed by atoms with van der Waals surface area (Å²) >= 11 is 0. The topological polar surface area (TPSA) is 43.1 Å². The quantitative estimate of drug-likeness (QED) is 0.453. The molecular formula is C6H13NOSi. The van der Waals surface area contributed by atoms with E-state index in [1.165, 1.54) is 0 Å². The number of rotatable bonds is 2. The van der Waals surface area contributed by atoms with E-state index >= 15 is 0 Å². The van der Waals surface area contributed by atoms with E-state index in [1.54, 1.807) is 0 Å². The molecule has 0 aliphatic rings. The zero-order valence-electron chi connectivity index (χ0n) is 6.19. The number of hydrogen-bond donors (Lipinski definition) is 1. The molecule has 2 nitrogen and oxygen atoms in total. The van der Waals surface area contributed by atoms with Gasteiger partial charge in [0.2, 0.25) is 5.91 Å². The molecule has 0 aromatic carbocycles. The number of amides is 1. The maximum atomic E-state index is 10.5. The number of nitrogens with two attached hydrogens (primary N) is 1. The second-order valence-electron chi connectivity index (χ2n) is 3.09. The van der Waals surface area contributed by atoms with Gasteiger partial charge >= 0.3 is 0 Å². The second-order valence-corrected chi connectivity index (χ2v) is 8.20. The maximum Gasteiger partial charge on any atom is 0.239 e. The van der Waals surface area contributed by atoms with Gasteiger partial charge in [-0.05, 0) is 5.20 Å². The third-order valence-electron chi connectivity index (χ3n) is 1.20. The highest BCUT2D eigenvalue weighted by Crippen LogP contribution is 2.10. The Balaban J connectivity index is 4.23. The van der Waals surface area contributed by atoms with Gasteiger partial charge in [0, 0.05) is 0 Å². The highest BCUT2D eigenvalue weighted by Gasteiger charge is 2.21. The zero-order valence-corrected chi connectivity index (χ0v) is 7.19. The largest absolute Gasteiger partial charge is 0.366 e. The molecule has 52 valence electrons. The van der Waals surface area contributed by atoms with Crippen LogP contribution in [-0.4, -0.2) is 14.0 Å². The van der Waals surface area contributed by atoms with E-state index in [9.17, 15) is 4.79 Å². The van der Waals surface area contributed by atoms with Crippen molar-refractivity contribution in [3.05, 3.63) is 11.8 Å². The van der Waals surface area contributed by atoms with E-state index in [-0.39, 0.29) is 5.91 Å². The Bertz CT molecular complexity index is 146. The molecule has 0 radical (unpaired) electrons. The Kier molecular flexibility index (Phi) is 2.20. The standard InChI is InChI=1S/C6H13NOSi/c1-5(6(7)8)9(2,3)4/h1H2,2-4H3,(H2,7,8). The first-order chi connectivity index (χ1) is 3.85. The third kappa shape index (κ3) is 2.46. The van der Waals surface area contributed by atoms with Crippen LogP contribution < -0.4 is 5.73 Å². The summed E-state index contributed by atoms with van der Waals surface area (Å²) in [6.45, 7) is 9.74. The zero-order chi connectivity index (χ0) is 7.65. The molecule has 0 aliphatic carbocycles. The Morgan fingerprint density at radius 1 is 1.44 bits per heavy atom. The molecule has 0 heterocycles. The first-order valence-electron chi connectivity index (χ1n) is 2.85. The van der Waals surface area contributed by atoms with Gasteiger partial charge in [0.05, 0.1) is 8.07 Å². The lowest BCUT2D eigenvalue weighted by Gasteiger charge is -2.15. The Morgan fingerprint density at radius 3 is 1.78 bits per heavy atom. The Morgan fingerprint density at radius 2 is 1.78 bits per heavy atom. The second kappa shape index (κ2) is 2.35. The van der Waals surface area contributed by atoms with Crippen LogP contribution in [0.25, 0.3) is 0 Å². The number of carbonyl (C=O) groups excluding carboxylic acids is 1. The van der Waals surface area contributed by atoms with Crippen molar-refractivity contribution in [2.45, 2.75) is 19.6 Å². The van der Waals surface area contributed by atoms with Crippen LogP contribution in [-0.2, 0) is 4.79 Å². The molecule has 0 fully saturated rings. The van der Waals surface area contributed by atoms with Crippen molar-refractivity contribution < 1.29 is 4.79 Å². The van der Waals surface area contributed by atoms with Crippen molar-refractivity contribution in [3.63, 3.8) is 0 Å². The molecule has 0 atom stereocenters. The molecule has 0 aromatic rings. The summed E-state index contributed by atoms with van der Waals surface area (Å²) in [7, 11) is -1.49. The minimum atomic E-state index is -1.49. The van der Waals surface area contributed by atoms with Crippen LogP contribution in [0.4, 0.5) is 0 Å². The van der Waals surface area contributed by atoms with Crippen LogP contribution in [0.15, 0.2) is 11.8 Å². The van der Waals surface area contributed by atoms with E-state index in [1.807, 2.05) is 19.6 Å². The molecule has 0 aliphatic heterocycles. The van der Waals surface area contributed by atoms with Crippen LogP contribution in [0.2, 0.25) is 19.6 Å². The fourth-order valence-corrected chi connectivity index (χ4v) is 1.11. The molecule has 0 saturated heterocycles. The normalized spacial score (nSPS) is 11.0. The monoisotopic (exact) mass is 143 g/mol. The van der Waals surface area contributed by atoms with E-state index in [0.717, 1.165) is 0 Å². The van der Waals surface area contributed by atoms with E-state index in [4.69, 9.17) is 5.73 Å². The van der Waals surface area contributed by atoms with Crippen LogP contribution in [0.3, 0.4) is 0 Å². The van der Waals surface area contributed by atoms with Gasteiger partial charge in [-0.15, -0.1) is 0 Å². The first-order valence-corrected chi connectivity index (χ1v) is 6.35. The van der Waals surface area contributed by atoms with Gasteiger partial charge < -0.3 is 5.73 Å². The predicted octanol–water partition coefficient (Wildman–Crippen LogP) is 0.905. The van der Waals surface area contributed by atoms with Crippen molar-refractivity contribution in [2.24, 2.45) is 5.73 Å². The van der Waals surface area contributed by atoms with Gasteiger partial charge in [-0.3, -0.25) is 4.79 Å². The van der Waals surface area contributed by atoms with Crippen LogP contribution in [0.1, 0.15) is 0 Å². The minimum absolute atomic E-state index is 0.353. The number of hydrogen-bond acceptors (Lipinski definition) is 1. The highest BCUT2D eigenvalue weighted by molar-refractivity contribution is 6.87. The number of carbonyl (C=O) groups is 1. The van der Waals surface area contributed by atoms with Gasteiger partial charge in [-0.25, -0.2) is 0 Å². The molecule has 0 aromatic heterocycles. The summed E-state index contributed by atoms with van der Waals surface area (Å²) in [4.78, 5) is 10.5. The van der Waals surface area contributed by atoms with Crippen molar-refractivity contribution >= 4 is 14.0 Å². The summed E-state index contributed by atoms with van der Waals surface area (Å²) in [6.07, 6.45) is 0. The molecule has 1 amide bonds. The molecular weight excluding hydrogens is 130 g/mol. The lowest BCUT2D eigenvalue weighted by atomic mass is 10.6. The number of primary amides is 1. The van der Waals surface area contributed by atoms with E-state index < -0.39 is 8.07 Å². The fourth-order valence-electron chi connectivity index (χ4n) is 0.370. The van der Waals surface area contributed by atoms with Gasteiger partial charge in [0.15, 0.2) is 0 Å². The summed E-state index contributed by atoms with van der Waals surface area (Å²) < 4.78 is 0. The van der Waals surface area contributed by atoms with Crippen molar-refractivity contribution in [1.29, 1.82) is 0 Å². The average molecular weight is 143 g/mol. The van der Waals surface area contributed by atoms with Crippen molar-refractivity contribution in [3.8, 4) is 0 Å². The summed E-state index contributed by atoms with van der Waals surface area (Å²) in [5.41, 5.74) is 5.02.